The highest BCUT2D eigenvalue weighted by Crippen LogP contribution is 2.28. The second-order valence-electron chi connectivity index (χ2n) is 4.10. The Morgan fingerprint density at radius 2 is 1.80 bits per heavy atom. The smallest absolute Gasteiger partial charge is 0.0560 e. The molecule has 1 heteroatoms. The minimum Gasteiger partial charge on any atom is -0.350 e. The first-order valence-corrected chi connectivity index (χ1v) is 5.21. The molecule has 0 saturated carbocycles. The Balaban J connectivity index is 2.67. The molecule has 0 atom stereocenters. The van der Waals surface area contributed by atoms with E-state index in [1.54, 1.807) is 0 Å². The van der Waals surface area contributed by atoms with Crippen LogP contribution < -0.4 is 0 Å². The van der Waals surface area contributed by atoms with Gasteiger partial charge in [-0.25, -0.2) is 0 Å². The molecule has 3 aromatic rings. The highest BCUT2D eigenvalue weighted by Gasteiger charge is 2.05. The lowest BCUT2D eigenvalue weighted by atomic mass is 10.0. The molecule has 0 saturated heterocycles. The summed E-state index contributed by atoms with van der Waals surface area (Å²) >= 11 is 0. The first-order chi connectivity index (χ1) is 7.27. The molecule has 0 aliphatic carbocycles. The SMILES string of the molecule is Cc1cc2ccccc2c2c1ccn2C. The van der Waals surface area contributed by atoms with E-state index in [4.69, 9.17) is 0 Å². The third-order valence-electron chi connectivity index (χ3n) is 3.09. The minimum absolute atomic E-state index is 1.32. The van der Waals surface area contributed by atoms with Gasteiger partial charge in [0, 0.05) is 24.0 Å². The molecule has 0 N–H and O–H groups in total. The van der Waals surface area contributed by atoms with Gasteiger partial charge < -0.3 is 4.57 Å². The van der Waals surface area contributed by atoms with E-state index in [-0.39, 0.29) is 0 Å². The molecule has 0 amide bonds. The summed E-state index contributed by atoms with van der Waals surface area (Å²) in [5.74, 6) is 0. The quantitative estimate of drug-likeness (QED) is 0.516. The van der Waals surface area contributed by atoms with Crippen LogP contribution in [0.3, 0.4) is 0 Å². The Bertz CT molecular complexity index is 647. The van der Waals surface area contributed by atoms with Gasteiger partial charge in [0.1, 0.15) is 0 Å². The van der Waals surface area contributed by atoms with Gasteiger partial charge in [0.2, 0.25) is 0 Å². The number of aryl methyl sites for hydroxylation is 2. The fourth-order valence-electron chi connectivity index (χ4n) is 2.33. The Kier molecular flexibility index (Phi) is 1.63. The van der Waals surface area contributed by atoms with Crippen molar-refractivity contribution in [1.29, 1.82) is 0 Å². The highest BCUT2D eigenvalue weighted by molar-refractivity contribution is 6.07. The van der Waals surface area contributed by atoms with Crippen LogP contribution in [-0.4, -0.2) is 4.57 Å². The van der Waals surface area contributed by atoms with Gasteiger partial charge >= 0.3 is 0 Å². The number of nitrogens with zero attached hydrogens (tertiary/aromatic N) is 1. The van der Waals surface area contributed by atoms with Crippen LogP contribution in [0.15, 0.2) is 42.6 Å². The standard InChI is InChI=1S/C14H13N/c1-10-9-11-5-3-4-6-13(11)14-12(10)7-8-15(14)2/h3-9H,1-2H3. The number of hydrogen-bond donors (Lipinski definition) is 0. The number of fused-ring (bicyclic) bond motifs is 3. The predicted molar refractivity (Wildman–Crippen MR) is 65.2 cm³/mol. The molecule has 15 heavy (non-hydrogen) atoms. The van der Waals surface area contributed by atoms with Gasteiger partial charge in [-0.05, 0) is 23.9 Å². The van der Waals surface area contributed by atoms with Crippen molar-refractivity contribution < 1.29 is 0 Å². The fourth-order valence-corrected chi connectivity index (χ4v) is 2.33. The van der Waals surface area contributed by atoms with Crippen LogP contribution >= 0.6 is 0 Å². The maximum absolute atomic E-state index is 2.26. The van der Waals surface area contributed by atoms with Gasteiger partial charge in [-0.1, -0.05) is 30.3 Å². The molecule has 0 fully saturated rings. The lowest BCUT2D eigenvalue weighted by molar-refractivity contribution is 0.973. The molecule has 0 radical (unpaired) electrons. The Morgan fingerprint density at radius 1 is 1.00 bits per heavy atom. The van der Waals surface area contributed by atoms with Crippen molar-refractivity contribution >= 4 is 21.7 Å². The molecule has 1 nitrogen and oxygen atoms in total. The van der Waals surface area contributed by atoms with Crippen LogP contribution in [0.4, 0.5) is 0 Å². The molecular weight excluding hydrogens is 182 g/mol. The number of hydrogen-bond acceptors (Lipinski definition) is 0. The lowest BCUT2D eigenvalue weighted by Crippen LogP contribution is -1.87. The second kappa shape index (κ2) is 2.86. The van der Waals surface area contributed by atoms with Crippen molar-refractivity contribution in [1.82, 2.24) is 4.57 Å². The molecule has 74 valence electrons. The van der Waals surface area contributed by atoms with Crippen LogP contribution in [-0.2, 0) is 7.05 Å². The van der Waals surface area contributed by atoms with Gasteiger partial charge in [0.15, 0.2) is 0 Å². The van der Waals surface area contributed by atoms with Gasteiger partial charge in [0.05, 0.1) is 5.52 Å². The summed E-state index contributed by atoms with van der Waals surface area (Å²) in [6.07, 6.45) is 2.13. The fraction of sp³-hybridized carbons (Fsp3) is 0.143. The summed E-state index contributed by atoms with van der Waals surface area (Å²) in [7, 11) is 2.11. The molecule has 2 aromatic carbocycles. The predicted octanol–water partition coefficient (Wildman–Crippen LogP) is 3.64. The summed E-state index contributed by atoms with van der Waals surface area (Å²) in [5, 5.41) is 4.02. The zero-order valence-corrected chi connectivity index (χ0v) is 8.99. The largest absolute Gasteiger partial charge is 0.350 e. The highest BCUT2D eigenvalue weighted by atomic mass is 14.9. The van der Waals surface area contributed by atoms with Crippen LogP contribution in [0.25, 0.3) is 21.7 Å². The van der Waals surface area contributed by atoms with E-state index in [2.05, 4.69) is 61.1 Å². The number of rotatable bonds is 0. The summed E-state index contributed by atoms with van der Waals surface area (Å²) in [5.41, 5.74) is 2.69. The normalized spacial score (nSPS) is 11.3. The third-order valence-corrected chi connectivity index (χ3v) is 3.09. The lowest BCUT2D eigenvalue weighted by Gasteiger charge is -2.05. The van der Waals surface area contributed by atoms with E-state index in [1.165, 1.54) is 27.2 Å². The molecule has 0 aliphatic heterocycles. The maximum Gasteiger partial charge on any atom is 0.0560 e. The van der Waals surface area contributed by atoms with E-state index >= 15 is 0 Å². The van der Waals surface area contributed by atoms with Crippen molar-refractivity contribution in [3.05, 3.63) is 48.2 Å². The van der Waals surface area contributed by atoms with E-state index in [9.17, 15) is 0 Å². The van der Waals surface area contributed by atoms with Gasteiger partial charge in [-0.3, -0.25) is 0 Å². The number of benzene rings is 2. The van der Waals surface area contributed by atoms with Crippen LogP contribution in [0.2, 0.25) is 0 Å². The summed E-state index contributed by atoms with van der Waals surface area (Å²) in [4.78, 5) is 0. The molecule has 0 unspecified atom stereocenters. The van der Waals surface area contributed by atoms with Crippen molar-refractivity contribution in [2.45, 2.75) is 6.92 Å². The third kappa shape index (κ3) is 1.09. The second-order valence-corrected chi connectivity index (χ2v) is 4.10. The Labute approximate surface area is 88.9 Å². The molecular formula is C14H13N. The zero-order chi connectivity index (χ0) is 10.4. The van der Waals surface area contributed by atoms with Crippen LogP contribution in [0.1, 0.15) is 5.56 Å². The van der Waals surface area contributed by atoms with Crippen molar-refractivity contribution in [3.63, 3.8) is 0 Å². The van der Waals surface area contributed by atoms with E-state index < -0.39 is 0 Å². The Hall–Kier alpha value is -1.76. The summed E-state index contributed by atoms with van der Waals surface area (Å²) < 4.78 is 2.20. The molecule has 0 spiro atoms. The topological polar surface area (TPSA) is 4.93 Å². The van der Waals surface area contributed by atoms with E-state index in [0.29, 0.717) is 0 Å². The molecule has 3 rings (SSSR count). The molecule has 1 heterocycles. The first-order valence-electron chi connectivity index (χ1n) is 5.21. The van der Waals surface area contributed by atoms with Crippen LogP contribution in [0, 0.1) is 6.92 Å². The molecule has 0 bridgehead atoms. The number of aromatic nitrogens is 1. The molecule has 1 aromatic heterocycles. The Morgan fingerprint density at radius 3 is 2.67 bits per heavy atom. The van der Waals surface area contributed by atoms with Crippen LogP contribution in [0.5, 0.6) is 0 Å². The van der Waals surface area contributed by atoms with E-state index in [0.717, 1.165) is 0 Å². The molecule has 0 aliphatic rings. The maximum atomic E-state index is 2.26. The average molecular weight is 195 g/mol. The summed E-state index contributed by atoms with van der Waals surface area (Å²) in [6.45, 7) is 2.18. The zero-order valence-electron chi connectivity index (χ0n) is 8.99. The van der Waals surface area contributed by atoms with Crippen molar-refractivity contribution in [2.24, 2.45) is 7.05 Å². The summed E-state index contributed by atoms with van der Waals surface area (Å²) in [6, 6.07) is 13.0. The van der Waals surface area contributed by atoms with Gasteiger partial charge in [-0.15, -0.1) is 0 Å². The minimum atomic E-state index is 1.32. The van der Waals surface area contributed by atoms with E-state index in [1.807, 2.05) is 0 Å². The van der Waals surface area contributed by atoms with Crippen molar-refractivity contribution in [3.8, 4) is 0 Å². The average Bonchev–Trinajstić information content (AvgIpc) is 2.62. The first kappa shape index (κ1) is 8.54. The monoisotopic (exact) mass is 195 g/mol. The van der Waals surface area contributed by atoms with Gasteiger partial charge in [0.25, 0.3) is 0 Å². The van der Waals surface area contributed by atoms with Gasteiger partial charge in [-0.2, -0.15) is 0 Å². The van der Waals surface area contributed by atoms with Crippen molar-refractivity contribution in [2.75, 3.05) is 0 Å².